The number of hydrogen-bond donors (Lipinski definition) is 0. The van der Waals surface area contributed by atoms with Crippen molar-refractivity contribution < 1.29 is 13.7 Å². The van der Waals surface area contributed by atoms with Gasteiger partial charge in [0.25, 0.3) is 5.56 Å². The minimum Gasteiger partial charge on any atom is -0.371 e. The average Bonchev–Trinajstić information content (AvgIpc) is 3.08. The monoisotopic (exact) mass is 425 g/mol. The van der Waals surface area contributed by atoms with E-state index in [-0.39, 0.29) is 12.1 Å². The molecule has 0 amide bonds. The summed E-state index contributed by atoms with van der Waals surface area (Å²) in [6, 6.07) is 5.40. The number of aryl methyl sites for hydroxylation is 2. The molecule has 5 rings (SSSR count). The Hall–Kier alpha value is -3.07. The van der Waals surface area contributed by atoms with Gasteiger partial charge in [-0.25, -0.2) is 9.07 Å². The molecule has 3 aromatic heterocycles. The topological polar surface area (TPSA) is 86.3 Å². The molecule has 2 saturated heterocycles. The molecular weight excluding hydrogens is 401 g/mol. The Balaban J connectivity index is 1.34. The summed E-state index contributed by atoms with van der Waals surface area (Å²) in [5.74, 6) is 0.633. The van der Waals surface area contributed by atoms with Crippen molar-refractivity contribution in [2.75, 3.05) is 24.6 Å². The number of pyridine rings is 1. The second kappa shape index (κ2) is 7.56. The number of ether oxygens (including phenoxy) is 1. The highest BCUT2D eigenvalue weighted by Crippen LogP contribution is 2.37. The fraction of sp³-hybridized carbons (Fsp3) is 0.455. The summed E-state index contributed by atoms with van der Waals surface area (Å²) in [5.41, 5.74) is 3.26. The Morgan fingerprint density at radius 3 is 2.81 bits per heavy atom. The standard InChI is InChI=1S/C22H24FN5O3/c1-14-3-4-16(9-24-14)21-19(15(2)31-26-21)11-28-20(29)7-18(10-25-28)27-12-22(13-27)8-17(23)5-6-30-22/h3-4,7,9-10,17H,5-6,8,11-13H2,1-2H3/t17-/m1/s1. The third-order valence-corrected chi connectivity index (χ3v) is 6.09. The molecule has 9 heteroatoms. The van der Waals surface area contributed by atoms with Crippen LogP contribution in [0.5, 0.6) is 0 Å². The van der Waals surface area contributed by atoms with Crippen molar-refractivity contribution in [1.29, 1.82) is 0 Å². The van der Waals surface area contributed by atoms with Gasteiger partial charge in [-0.3, -0.25) is 9.78 Å². The highest BCUT2D eigenvalue weighted by atomic mass is 19.1. The molecular formula is C22H24FN5O3. The second-order valence-corrected chi connectivity index (χ2v) is 8.44. The lowest BCUT2D eigenvalue weighted by Crippen LogP contribution is -2.66. The van der Waals surface area contributed by atoms with Gasteiger partial charge in [0.1, 0.15) is 23.2 Å². The highest BCUT2D eigenvalue weighted by Gasteiger charge is 2.48. The molecule has 0 N–H and O–H groups in total. The summed E-state index contributed by atoms with van der Waals surface area (Å²) in [6.45, 7) is 5.58. The lowest BCUT2D eigenvalue weighted by Gasteiger charge is -2.53. The van der Waals surface area contributed by atoms with Crippen LogP contribution in [0.3, 0.4) is 0 Å². The van der Waals surface area contributed by atoms with Crippen LogP contribution in [0.25, 0.3) is 11.3 Å². The summed E-state index contributed by atoms with van der Waals surface area (Å²) in [4.78, 5) is 19.1. The van der Waals surface area contributed by atoms with Gasteiger partial charge >= 0.3 is 0 Å². The summed E-state index contributed by atoms with van der Waals surface area (Å²) < 4.78 is 26.3. The maximum atomic E-state index is 13.8. The van der Waals surface area contributed by atoms with E-state index >= 15 is 0 Å². The normalized spacial score (nSPS) is 20.1. The minimum atomic E-state index is -0.813. The number of aromatic nitrogens is 4. The van der Waals surface area contributed by atoms with Crippen LogP contribution in [0, 0.1) is 13.8 Å². The fourth-order valence-corrected chi connectivity index (χ4v) is 4.30. The SMILES string of the molecule is Cc1ccc(-c2noc(C)c2Cn2ncc(N3CC4(C[C@H](F)CCO4)C3)cc2=O)cn1. The molecule has 1 spiro atoms. The van der Waals surface area contributed by atoms with Crippen LogP contribution >= 0.6 is 0 Å². The summed E-state index contributed by atoms with van der Waals surface area (Å²) >= 11 is 0. The molecule has 31 heavy (non-hydrogen) atoms. The fourth-order valence-electron chi connectivity index (χ4n) is 4.30. The minimum absolute atomic E-state index is 0.222. The number of rotatable bonds is 4. The summed E-state index contributed by atoms with van der Waals surface area (Å²) in [5, 5.41) is 8.51. The van der Waals surface area contributed by atoms with Crippen LogP contribution < -0.4 is 10.5 Å². The molecule has 1 atom stereocenters. The molecule has 0 saturated carbocycles. The van der Waals surface area contributed by atoms with Crippen LogP contribution in [0.15, 0.2) is 39.9 Å². The van der Waals surface area contributed by atoms with E-state index in [4.69, 9.17) is 9.26 Å². The van der Waals surface area contributed by atoms with Gasteiger partial charge in [0, 0.05) is 55.0 Å². The van der Waals surface area contributed by atoms with Crippen LogP contribution in [0.2, 0.25) is 0 Å². The maximum absolute atomic E-state index is 13.8. The number of nitrogens with zero attached hydrogens (tertiary/aromatic N) is 5. The molecule has 3 aromatic rings. The van der Waals surface area contributed by atoms with Gasteiger partial charge in [0.05, 0.1) is 25.0 Å². The lowest BCUT2D eigenvalue weighted by atomic mass is 9.85. The third kappa shape index (κ3) is 3.74. The van der Waals surface area contributed by atoms with E-state index in [0.717, 1.165) is 22.5 Å². The number of alkyl halides is 1. The average molecular weight is 425 g/mol. The Morgan fingerprint density at radius 1 is 1.26 bits per heavy atom. The first kappa shape index (κ1) is 19.9. The Kier molecular flexibility index (Phi) is 4.85. The predicted molar refractivity (Wildman–Crippen MR) is 112 cm³/mol. The van der Waals surface area contributed by atoms with E-state index in [1.807, 2.05) is 30.9 Å². The molecule has 162 valence electrons. The first-order valence-corrected chi connectivity index (χ1v) is 10.4. The highest BCUT2D eigenvalue weighted by molar-refractivity contribution is 5.62. The Labute approximate surface area is 178 Å². The first-order valence-electron chi connectivity index (χ1n) is 10.4. The first-order chi connectivity index (χ1) is 14.9. The number of anilines is 1. The van der Waals surface area contributed by atoms with Gasteiger partial charge in [0.2, 0.25) is 0 Å². The van der Waals surface area contributed by atoms with Crippen molar-refractivity contribution in [2.45, 2.75) is 45.0 Å². The van der Waals surface area contributed by atoms with Gasteiger partial charge in [-0.2, -0.15) is 5.10 Å². The van der Waals surface area contributed by atoms with Crippen LogP contribution in [0.4, 0.5) is 10.1 Å². The zero-order valence-corrected chi connectivity index (χ0v) is 17.5. The van der Waals surface area contributed by atoms with Crippen molar-refractivity contribution in [3.63, 3.8) is 0 Å². The zero-order valence-electron chi connectivity index (χ0n) is 17.5. The Bertz CT molecular complexity index is 1150. The van der Waals surface area contributed by atoms with Crippen molar-refractivity contribution in [3.05, 3.63) is 58.0 Å². The summed E-state index contributed by atoms with van der Waals surface area (Å²) in [6.07, 6.45) is 3.47. The molecule has 8 nitrogen and oxygen atoms in total. The molecule has 0 aromatic carbocycles. The second-order valence-electron chi connectivity index (χ2n) is 8.44. The number of hydrogen-bond acceptors (Lipinski definition) is 7. The molecule has 2 aliphatic rings. The predicted octanol–water partition coefficient (Wildman–Crippen LogP) is 2.67. The van der Waals surface area contributed by atoms with Crippen molar-refractivity contribution in [1.82, 2.24) is 19.9 Å². The molecule has 0 bridgehead atoms. The van der Waals surface area contributed by atoms with E-state index in [9.17, 15) is 9.18 Å². The lowest BCUT2D eigenvalue weighted by molar-refractivity contribution is -0.117. The molecule has 0 aliphatic carbocycles. The number of halogens is 1. The molecule has 2 fully saturated rings. The largest absolute Gasteiger partial charge is 0.371 e. The van der Waals surface area contributed by atoms with E-state index in [1.54, 1.807) is 18.5 Å². The molecule has 0 unspecified atom stereocenters. The Morgan fingerprint density at radius 2 is 2.10 bits per heavy atom. The third-order valence-electron chi connectivity index (χ3n) is 6.09. The molecule has 5 heterocycles. The van der Waals surface area contributed by atoms with Crippen LogP contribution in [-0.2, 0) is 11.3 Å². The van der Waals surface area contributed by atoms with Crippen LogP contribution in [0.1, 0.15) is 29.9 Å². The maximum Gasteiger partial charge on any atom is 0.269 e. The summed E-state index contributed by atoms with van der Waals surface area (Å²) in [7, 11) is 0. The smallest absolute Gasteiger partial charge is 0.269 e. The van der Waals surface area contributed by atoms with Crippen molar-refractivity contribution >= 4 is 5.69 Å². The zero-order chi connectivity index (χ0) is 21.6. The van der Waals surface area contributed by atoms with Gasteiger partial charge < -0.3 is 14.2 Å². The quantitative estimate of drug-likeness (QED) is 0.635. The van der Waals surface area contributed by atoms with E-state index in [0.29, 0.717) is 44.0 Å². The van der Waals surface area contributed by atoms with E-state index in [2.05, 4.69) is 15.2 Å². The molecule has 2 aliphatic heterocycles. The van der Waals surface area contributed by atoms with Crippen molar-refractivity contribution in [2.24, 2.45) is 0 Å². The van der Waals surface area contributed by atoms with Gasteiger partial charge in [-0.15, -0.1) is 0 Å². The van der Waals surface area contributed by atoms with Gasteiger partial charge in [-0.1, -0.05) is 5.16 Å². The van der Waals surface area contributed by atoms with E-state index < -0.39 is 11.8 Å². The van der Waals surface area contributed by atoms with Gasteiger partial charge in [0.15, 0.2) is 0 Å². The van der Waals surface area contributed by atoms with E-state index in [1.165, 1.54) is 4.68 Å². The van der Waals surface area contributed by atoms with Crippen LogP contribution in [-0.4, -0.2) is 51.4 Å². The van der Waals surface area contributed by atoms with Crippen molar-refractivity contribution in [3.8, 4) is 11.3 Å². The molecule has 0 radical (unpaired) electrons. The van der Waals surface area contributed by atoms with Gasteiger partial charge in [-0.05, 0) is 26.0 Å².